The summed E-state index contributed by atoms with van der Waals surface area (Å²) < 4.78 is 19.5. The van der Waals surface area contributed by atoms with Gasteiger partial charge in [0.2, 0.25) is 0 Å². The number of hydrogen-bond acceptors (Lipinski definition) is 3. The summed E-state index contributed by atoms with van der Waals surface area (Å²) in [5.41, 5.74) is 6.82. The maximum Gasteiger partial charge on any atom is 0.142 e. The lowest BCUT2D eigenvalue weighted by molar-refractivity contribution is -0.0118. The van der Waals surface area contributed by atoms with E-state index in [-0.39, 0.29) is 23.0 Å². The molecule has 1 aromatic carbocycles. The quantitative estimate of drug-likeness (QED) is 0.875. The van der Waals surface area contributed by atoms with Crippen molar-refractivity contribution in [2.24, 2.45) is 5.73 Å². The Bertz CT molecular complexity index is 458. The maximum atomic E-state index is 13.7. The Hall–Kier alpha value is -0.680. The summed E-state index contributed by atoms with van der Waals surface area (Å²) in [7, 11) is 0. The molecule has 0 bridgehead atoms. The molecule has 3 nitrogen and oxygen atoms in total. The number of halogens is 2. The molecule has 118 valence electrons. The summed E-state index contributed by atoms with van der Waals surface area (Å²) >= 11 is 5.75. The first kappa shape index (κ1) is 16.7. The highest BCUT2D eigenvalue weighted by Crippen LogP contribution is 2.27. The highest BCUT2D eigenvalue weighted by molar-refractivity contribution is 6.30. The SMILES string of the molecule is CCCOC1CCCN(C(CN)c2ccc(Cl)c(F)c2)C1. The fourth-order valence-electron chi connectivity index (χ4n) is 2.89. The van der Waals surface area contributed by atoms with E-state index >= 15 is 0 Å². The number of hydrogen-bond donors (Lipinski definition) is 1. The second-order valence-electron chi connectivity index (χ2n) is 5.56. The van der Waals surface area contributed by atoms with Crippen LogP contribution in [0.5, 0.6) is 0 Å². The molecule has 2 unspecified atom stereocenters. The van der Waals surface area contributed by atoms with E-state index in [0.717, 1.165) is 44.5 Å². The Morgan fingerprint density at radius 2 is 2.33 bits per heavy atom. The second-order valence-corrected chi connectivity index (χ2v) is 5.96. The Kier molecular flexibility index (Phi) is 6.42. The summed E-state index contributed by atoms with van der Waals surface area (Å²) in [5.74, 6) is -0.386. The van der Waals surface area contributed by atoms with Gasteiger partial charge in [0.1, 0.15) is 5.82 Å². The van der Waals surface area contributed by atoms with E-state index in [2.05, 4.69) is 11.8 Å². The van der Waals surface area contributed by atoms with Gasteiger partial charge in [0, 0.05) is 25.7 Å². The smallest absolute Gasteiger partial charge is 0.142 e. The predicted octanol–water partition coefficient (Wildman–Crippen LogP) is 3.37. The number of piperidine rings is 1. The van der Waals surface area contributed by atoms with Gasteiger partial charge in [-0.05, 0) is 43.5 Å². The molecule has 1 fully saturated rings. The van der Waals surface area contributed by atoms with Crippen LogP contribution < -0.4 is 5.73 Å². The third-order valence-corrected chi connectivity index (χ3v) is 4.27. The van der Waals surface area contributed by atoms with Crippen molar-refractivity contribution in [2.45, 2.75) is 38.3 Å². The standard InChI is InChI=1S/C16H24ClFN2O/c1-2-8-21-13-4-3-7-20(11-13)16(10-19)12-5-6-14(17)15(18)9-12/h5-6,9,13,16H,2-4,7-8,10-11,19H2,1H3. The van der Waals surface area contributed by atoms with Gasteiger partial charge in [-0.3, -0.25) is 4.90 Å². The summed E-state index contributed by atoms with van der Waals surface area (Å²) in [6.07, 6.45) is 3.45. The summed E-state index contributed by atoms with van der Waals surface area (Å²) in [5, 5.41) is 0.150. The zero-order chi connectivity index (χ0) is 15.2. The van der Waals surface area contributed by atoms with E-state index < -0.39 is 0 Å². The van der Waals surface area contributed by atoms with Crippen molar-refractivity contribution in [1.29, 1.82) is 0 Å². The van der Waals surface area contributed by atoms with Crippen LogP contribution >= 0.6 is 11.6 Å². The fourth-order valence-corrected chi connectivity index (χ4v) is 3.00. The Morgan fingerprint density at radius 1 is 1.52 bits per heavy atom. The first-order chi connectivity index (χ1) is 10.2. The minimum atomic E-state index is -0.386. The van der Waals surface area contributed by atoms with Crippen molar-refractivity contribution in [3.05, 3.63) is 34.6 Å². The monoisotopic (exact) mass is 314 g/mol. The number of rotatable bonds is 6. The van der Waals surface area contributed by atoms with E-state index in [1.807, 2.05) is 6.07 Å². The van der Waals surface area contributed by atoms with Gasteiger partial charge in [-0.2, -0.15) is 0 Å². The van der Waals surface area contributed by atoms with Gasteiger partial charge in [0.05, 0.1) is 11.1 Å². The molecule has 0 saturated carbocycles. The highest BCUT2D eigenvalue weighted by atomic mass is 35.5. The molecule has 0 spiro atoms. The van der Waals surface area contributed by atoms with Crippen molar-refractivity contribution in [3.63, 3.8) is 0 Å². The van der Waals surface area contributed by atoms with Crippen LogP contribution in [0.25, 0.3) is 0 Å². The normalized spacial score (nSPS) is 21.4. The van der Waals surface area contributed by atoms with Crippen LogP contribution in [-0.2, 0) is 4.74 Å². The summed E-state index contributed by atoms with van der Waals surface area (Å²) in [6, 6.07) is 4.98. The molecular formula is C16H24ClFN2O. The Balaban J connectivity index is 2.07. The Morgan fingerprint density at radius 3 is 3.00 bits per heavy atom. The number of ether oxygens (including phenoxy) is 1. The van der Waals surface area contributed by atoms with E-state index in [9.17, 15) is 4.39 Å². The van der Waals surface area contributed by atoms with Gasteiger partial charge >= 0.3 is 0 Å². The average molecular weight is 315 g/mol. The molecule has 2 N–H and O–H groups in total. The van der Waals surface area contributed by atoms with E-state index in [0.29, 0.717) is 6.54 Å². The van der Waals surface area contributed by atoms with Crippen LogP contribution in [0.3, 0.4) is 0 Å². The molecule has 0 radical (unpaired) electrons. The van der Waals surface area contributed by atoms with Crippen LogP contribution in [0.15, 0.2) is 18.2 Å². The zero-order valence-corrected chi connectivity index (χ0v) is 13.3. The van der Waals surface area contributed by atoms with Crippen molar-refractivity contribution in [3.8, 4) is 0 Å². The van der Waals surface area contributed by atoms with E-state index in [4.69, 9.17) is 22.1 Å². The Labute approximate surface area is 131 Å². The lowest BCUT2D eigenvalue weighted by Crippen LogP contribution is -2.44. The van der Waals surface area contributed by atoms with Crippen molar-refractivity contribution >= 4 is 11.6 Å². The molecule has 1 aliphatic rings. The minimum absolute atomic E-state index is 0.0183. The number of likely N-dealkylation sites (tertiary alicyclic amines) is 1. The molecule has 1 aliphatic heterocycles. The molecule has 2 atom stereocenters. The third kappa shape index (κ3) is 4.39. The van der Waals surface area contributed by atoms with Crippen LogP contribution in [0.1, 0.15) is 37.8 Å². The van der Waals surface area contributed by atoms with Crippen LogP contribution in [0.2, 0.25) is 5.02 Å². The predicted molar refractivity (Wildman–Crippen MR) is 84.0 cm³/mol. The van der Waals surface area contributed by atoms with Crippen LogP contribution in [-0.4, -0.2) is 37.2 Å². The lowest BCUT2D eigenvalue weighted by atomic mass is 10.0. The minimum Gasteiger partial charge on any atom is -0.377 e. The molecule has 21 heavy (non-hydrogen) atoms. The molecule has 0 aromatic heterocycles. The highest BCUT2D eigenvalue weighted by Gasteiger charge is 2.26. The van der Waals surface area contributed by atoms with Gasteiger partial charge in [-0.15, -0.1) is 0 Å². The molecule has 1 heterocycles. The average Bonchev–Trinajstić information content (AvgIpc) is 2.50. The van der Waals surface area contributed by atoms with Gasteiger partial charge in [0.25, 0.3) is 0 Å². The first-order valence-electron chi connectivity index (χ1n) is 7.66. The number of benzene rings is 1. The van der Waals surface area contributed by atoms with Crippen molar-refractivity contribution in [2.75, 3.05) is 26.2 Å². The van der Waals surface area contributed by atoms with Gasteiger partial charge in [-0.1, -0.05) is 24.6 Å². The topological polar surface area (TPSA) is 38.5 Å². The van der Waals surface area contributed by atoms with Crippen molar-refractivity contribution < 1.29 is 9.13 Å². The molecule has 0 aliphatic carbocycles. The molecule has 0 amide bonds. The zero-order valence-electron chi connectivity index (χ0n) is 12.5. The molecule has 1 aromatic rings. The first-order valence-corrected chi connectivity index (χ1v) is 8.04. The van der Waals surface area contributed by atoms with Crippen molar-refractivity contribution in [1.82, 2.24) is 4.90 Å². The molecule has 1 saturated heterocycles. The molecular weight excluding hydrogens is 291 g/mol. The number of nitrogens with zero attached hydrogens (tertiary/aromatic N) is 1. The largest absolute Gasteiger partial charge is 0.377 e. The van der Waals surface area contributed by atoms with E-state index in [1.54, 1.807) is 6.07 Å². The van der Waals surface area contributed by atoms with Gasteiger partial charge < -0.3 is 10.5 Å². The third-order valence-electron chi connectivity index (χ3n) is 3.96. The molecule has 2 rings (SSSR count). The lowest BCUT2D eigenvalue weighted by Gasteiger charge is -2.38. The maximum absolute atomic E-state index is 13.7. The van der Waals surface area contributed by atoms with Gasteiger partial charge in [0.15, 0.2) is 0 Å². The second kappa shape index (κ2) is 8.08. The fraction of sp³-hybridized carbons (Fsp3) is 0.625. The summed E-state index contributed by atoms with van der Waals surface area (Å²) in [6.45, 7) is 5.19. The van der Waals surface area contributed by atoms with Crippen LogP contribution in [0, 0.1) is 5.82 Å². The summed E-state index contributed by atoms with van der Waals surface area (Å²) in [4.78, 5) is 2.30. The number of nitrogens with two attached hydrogens (primary N) is 1. The van der Waals surface area contributed by atoms with Gasteiger partial charge in [-0.25, -0.2) is 4.39 Å². The molecule has 5 heteroatoms. The van der Waals surface area contributed by atoms with E-state index in [1.165, 1.54) is 6.07 Å². The van der Waals surface area contributed by atoms with Crippen LogP contribution in [0.4, 0.5) is 4.39 Å².